The van der Waals surface area contributed by atoms with Gasteiger partial charge in [0.05, 0.1) is 0 Å². The molecule has 1 aliphatic heterocycles. The van der Waals surface area contributed by atoms with E-state index in [0.29, 0.717) is 12.5 Å². The predicted octanol–water partition coefficient (Wildman–Crippen LogP) is 4.09. The van der Waals surface area contributed by atoms with Crippen molar-refractivity contribution < 1.29 is 4.79 Å². The lowest BCUT2D eigenvalue weighted by Crippen LogP contribution is -2.38. The molecule has 0 bridgehead atoms. The number of guanidine groups is 1. The van der Waals surface area contributed by atoms with E-state index in [9.17, 15) is 4.79 Å². The van der Waals surface area contributed by atoms with Crippen molar-refractivity contribution in [1.29, 1.82) is 0 Å². The van der Waals surface area contributed by atoms with Gasteiger partial charge in [-0.05, 0) is 55.4 Å². The van der Waals surface area contributed by atoms with E-state index in [1.807, 2.05) is 29.2 Å². The van der Waals surface area contributed by atoms with Crippen molar-refractivity contribution in [3.05, 3.63) is 70.8 Å². The van der Waals surface area contributed by atoms with Crippen molar-refractivity contribution in [3.63, 3.8) is 0 Å². The monoisotopic (exact) mass is 406 g/mol. The van der Waals surface area contributed by atoms with Crippen molar-refractivity contribution in [3.8, 4) is 0 Å². The van der Waals surface area contributed by atoms with Gasteiger partial charge < -0.3 is 15.5 Å². The van der Waals surface area contributed by atoms with E-state index in [4.69, 9.17) is 0 Å². The SMILES string of the molecule is CN=C(NCc1cccc(C(=O)N2CCCCC2)c1)NCC(C)c1ccc(C)cc1. The van der Waals surface area contributed by atoms with Crippen LogP contribution >= 0.6 is 0 Å². The van der Waals surface area contributed by atoms with E-state index >= 15 is 0 Å². The zero-order chi connectivity index (χ0) is 21.3. The average Bonchev–Trinajstić information content (AvgIpc) is 2.79. The number of rotatable bonds is 6. The summed E-state index contributed by atoms with van der Waals surface area (Å²) in [7, 11) is 1.78. The van der Waals surface area contributed by atoms with Crippen molar-refractivity contribution in [2.24, 2.45) is 4.99 Å². The second-order valence-corrected chi connectivity index (χ2v) is 8.17. The smallest absolute Gasteiger partial charge is 0.253 e. The summed E-state index contributed by atoms with van der Waals surface area (Å²) in [6, 6.07) is 16.6. The number of carbonyl (C=O) groups is 1. The highest BCUT2D eigenvalue weighted by Crippen LogP contribution is 2.15. The van der Waals surface area contributed by atoms with E-state index in [-0.39, 0.29) is 5.91 Å². The molecule has 2 N–H and O–H groups in total. The third-order valence-corrected chi connectivity index (χ3v) is 5.72. The van der Waals surface area contributed by atoms with Crippen molar-refractivity contribution in [2.75, 3.05) is 26.7 Å². The molecule has 0 aliphatic carbocycles. The summed E-state index contributed by atoms with van der Waals surface area (Å²) >= 11 is 0. The number of likely N-dealkylation sites (tertiary alicyclic amines) is 1. The molecule has 5 nitrogen and oxygen atoms in total. The van der Waals surface area contributed by atoms with Crippen LogP contribution < -0.4 is 10.6 Å². The minimum Gasteiger partial charge on any atom is -0.356 e. The highest BCUT2D eigenvalue weighted by molar-refractivity contribution is 5.94. The van der Waals surface area contributed by atoms with Gasteiger partial charge in [0.25, 0.3) is 5.91 Å². The standard InChI is InChI=1S/C25H34N4O/c1-19-10-12-22(13-11-19)20(2)17-27-25(26-3)28-18-21-8-7-9-23(16-21)24(30)29-14-5-4-6-15-29/h7-13,16,20H,4-6,14-15,17-18H2,1-3H3,(H2,26,27,28). The molecular weight excluding hydrogens is 372 g/mol. The van der Waals surface area contributed by atoms with Crippen LogP contribution in [0.2, 0.25) is 0 Å². The Morgan fingerprint density at radius 3 is 2.50 bits per heavy atom. The number of piperidine rings is 1. The molecule has 0 saturated carbocycles. The summed E-state index contributed by atoms with van der Waals surface area (Å²) in [5, 5.41) is 6.77. The molecule has 2 aromatic rings. The van der Waals surface area contributed by atoms with Gasteiger partial charge in [-0.3, -0.25) is 9.79 Å². The highest BCUT2D eigenvalue weighted by atomic mass is 16.2. The first kappa shape index (κ1) is 21.9. The molecule has 1 fully saturated rings. The third kappa shape index (κ3) is 6.09. The first-order valence-corrected chi connectivity index (χ1v) is 11.0. The van der Waals surface area contributed by atoms with E-state index in [2.05, 4.69) is 53.7 Å². The number of nitrogens with one attached hydrogen (secondary N) is 2. The second-order valence-electron chi connectivity index (χ2n) is 8.17. The largest absolute Gasteiger partial charge is 0.356 e. The Bertz CT molecular complexity index is 854. The van der Waals surface area contributed by atoms with Crippen LogP contribution in [-0.4, -0.2) is 43.4 Å². The highest BCUT2D eigenvalue weighted by Gasteiger charge is 2.18. The first-order chi connectivity index (χ1) is 14.6. The van der Waals surface area contributed by atoms with E-state index in [0.717, 1.165) is 49.6 Å². The quantitative estimate of drug-likeness (QED) is 0.561. The molecule has 1 saturated heterocycles. The lowest BCUT2D eigenvalue weighted by Gasteiger charge is -2.26. The molecule has 30 heavy (non-hydrogen) atoms. The van der Waals surface area contributed by atoms with Crippen LogP contribution in [0.1, 0.15) is 59.2 Å². The molecule has 160 valence electrons. The molecule has 0 radical (unpaired) electrons. The molecule has 0 aromatic heterocycles. The lowest BCUT2D eigenvalue weighted by atomic mass is 10.0. The van der Waals surface area contributed by atoms with Crippen LogP contribution in [0.4, 0.5) is 0 Å². The van der Waals surface area contributed by atoms with Gasteiger partial charge in [-0.25, -0.2) is 0 Å². The van der Waals surface area contributed by atoms with Gasteiger partial charge in [-0.2, -0.15) is 0 Å². The Kier molecular flexibility index (Phi) is 7.89. The van der Waals surface area contributed by atoms with Crippen LogP contribution in [0.25, 0.3) is 0 Å². The van der Waals surface area contributed by atoms with E-state index in [1.165, 1.54) is 17.5 Å². The summed E-state index contributed by atoms with van der Waals surface area (Å²) in [4.78, 5) is 19.1. The summed E-state index contributed by atoms with van der Waals surface area (Å²) in [5.74, 6) is 1.29. The summed E-state index contributed by atoms with van der Waals surface area (Å²) in [6.45, 7) is 7.48. The third-order valence-electron chi connectivity index (χ3n) is 5.72. The fraction of sp³-hybridized carbons (Fsp3) is 0.440. The minimum absolute atomic E-state index is 0.144. The van der Waals surface area contributed by atoms with Gasteiger partial charge in [-0.1, -0.05) is 48.9 Å². The van der Waals surface area contributed by atoms with Crippen molar-refractivity contribution >= 4 is 11.9 Å². The van der Waals surface area contributed by atoms with Crippen LogP contribution in [0.5, 0.6) is 0 Å². The van der Waals surface area contributed by atoms with Crippen molar-refractivity contribution in [2.45, 2.75) is 45.6 Å². The number of hydrogen-bond donors (Lipinski definition) is 2. The van der Waals surface area contributed by atoms with Crippen LogP contribution in [0.3, 0.4) is 0 Å². The van der Waals surface area contributed by atoms with Gasteiger partial charge in [0, 0.05) is 38.8 Å². The maximum atomic E-state index is 12.7. The minimum atomic E-state index is 0.144. The van der Waals surface area contributed by atoms with Crippen molar-refractivity contribution in [1.82, 2.24) is 15.5 Å². The molecule has 1 amide bonds. The molecule has 1 aliphatic rings. The molecular formula is C25H34N4O. The normalized spacial score (nSPS) is 15.6. The lowest BCUT2D eigenvalue weighted by molar-refractivity contribution is 0.0724. The van der Waals surface area contributed by atoms with Crippen LogP contribution in [0, 0.1) is 6.92 Å². The summed E-state index contributed by atoms with van der Waals surface area (Å²) < 4.78 is 0. The average molecular weight is 407 g/mol. The molecule has 5 heteroatoms. The van der Waals surface area contributed by atoms with Crippen LogP contribution in [-0.2, 0) is 6.54 Å². The molecule has 1 heterocycles. The number of nitrogens with zero attached hydrogens (tertiary/aromatic N) is 2. The zero-order valence-corrected chi connectivity index (χ0v) is 18.4. The van der Waals surface area contributed by atoms with Gasteiger partial charge in [0.1, 0.15) is 0 Å². The molecule has 1 unspecified atom stereocenters. The summed E-state index contributed by atoms with van der Waals surface area (Å²) in [6.07, 6.45) is 3.44. The Morgan fingerprint density at radius 2 is 1.80 bits per heavy atom. The van der Waals surface area contributed by atoms with E-state index < -0.39 is 0 Å². The number of amides is 1. The van der Waals surface area contributed by atoms with Gasteiger partial charge >= 0.3 is 0 Å². The number of carbonyl (C=O) groups excluding carboxylic acids is 1. The Morgan fingerprint density at radius 1 is 1.07 bits per heavy atom. The number of benzene rings is 2. The topological polar surface area (TPSA) is 56.7 Å². The zero-order valence-electron chi connectivity index (χ0n) is 18.4. The number of aryl methyl sites for hydroxylation is 1. The molecule has 3 rings (SSSR count). The number of aliphatic imine (C=N–C) groups is 1. The molecule has 1 atom stereocenters. The van der Waals surface area contributed by atoms with E-state index in [1.54, 1.807) is 7.05 Å². The Hall–Kier alpha value is -2.82. The van der Waals surface area contributed by atoms with Gasteiger partial charge in [-0.15, -0.1) is 0 Å². The maximum Gasteiger partial charge on any atom is 0.253 e. The fourth-order valence-corrected chi connectivity index (χ4v) is 3.76. The molecule has 0 spiro atoms. The fourth-order valence-electron chi connectivity index (χ4n) is 3.76. The van der Waals surface area contributed by atoms with Gasteiger partial charge in [0.15, 0.2) is 5.96 Å². The first-order valence-electron chi connectivity index (χ1n) is 11.0. The molecule has 2 aromatic carbocycles. The van der Waals surface area contributed by atoms with Crippen LogP contribution in [0.15, 0.2) is 53.5 Å². The second kappa shape index (κ2) is 10.8. The Labute approximate surface area is 180 Å². The Balaban J connectivity index is 1.52. The maximum absolute atomic E-state index is 12.7. The number of hydrogen-bond acceptors (Lipinski definition) is 2. The summed E-state index contributed by atoms with van der Waals surface area (Å²) in [5.41, 5.74) is 4.43. The van der Waals surface area contributed by atoms with Gasteiger partial charge in [0.2, 0.25) is 0 Å². The predicted molar refractivity (Wildman–Crippen MR) is 124 cm³/mol.